The summed E-state index contributed by atoms with van der Waals surface area (Å²) in [6.45, 7) is 4.63. The maximum Gasteiger partial charge on any atom is 0.262 e. The predicted molar refractivity (Wildman–Crippen MR) is 138 cm³/mol. The van der Waals surface area contributed by atoms with Gasteiger partial charge in [-0.3, -0.25) is 14.3 Å². The molecule has 1 saturated heterocycles. The first-order valence-electron chi connectivity index (χ1n) is 12.0. The van der Waals surface area contributed by atoms with Crippen molar-refractivity contribution < 1.29 is 13.9 Å². The van der Waals surface area contributed by atoms with Crippen LogP contribution < -0.4 is 15.8 Å². The van der Waals surface area contributed by atoms with Gasteiger partial charge in [-0.2, -0.15) is 0 Å². The Kier molecular flexibility index (Phi) is 6.99. The van der Waals surface area contributed by atoms with Gasteiger partial charge in [0.1, 0.15) is 33.9 Å². The number of rotatable bonds is 8. The van der Waals surface area contributed by atoms with E-state index in [0.717, 1.165) is 42.7 Å². The van der Waals surface area contributed by atoms with E-state index < -0.39 is 12.0 Å². The quantitative estimate of drug-likeness (QED) is 0.373. The van der Waals surface area contributed by atoms with E-state index in [1.807, 2.05) is 10.6 Å². The number of hydrogen-bond acceptors (Lipinski definition) is 7. The van der Waals surface area contributed by atoms with Gasteiger partial charge in [-0.1, -0.05) is 18.2 Å². The number of amides is 1. The number of fused-ring (bicyclic) bond motifs is 1. The summed E-state index contributed by atoms with van der Waals surface area (Å²) < 4.78 is 22.1. The Morgan fingerprint density at radius 2 is 2.06 bits per heavy atom. The van der Waals surface area contributed by atoms with E-state index in [-0.39, 0.29) is 10.7 Å². The molecule has 3 aromatic heterocycles. The lowest BCUT2D eigenvalue weighted by atomic mass is 10.1. The van der Waals surface area contributed by atoms with Crippen LogP contribution in [0, 0.1) is 5.82 Å². The second-order valence-corrected chi connectivity index (χ2v) is 10.2. The highest BCUT2D eigenvalue weighted by atomic mass is 32.1. The third-order valence-corrected chi connectivity index (χ3v) is 7.70. The van der Waals surface area contributed by atoms with Crippen LogP contribution >= 0.6 is 11.3 Å². The normalized spacial score (nSPS) is 15.9. The Morgan fingerprint density at radius 1 is 1.28 bits per heavy atom. The molecule has 1 amide bonds. The van der Waals surface area contributed by atoms with Crippen LogP contribution in [0.3, 0.4) is 0 Å². The van der Waals surface area contributed by atoms with Crippen LogP contribution in [0.5, 0.6) is 5.75 Å². The van der Waals surface area contributed by atoms with Crippen molar-refractivity contribution in [1.82, 2.24) is 24.8 Å². The zero-order valence-corrected chi connectivity index (χ0v) is 21.1. The van der Waals surface area contributed by atoms with E-state index in [1.54, 1.807) is 43.7 Å². The Hall–Kier alpha value is -3.34. The van der Waals surface area contributed by atoms with Gasteiger partial charge in [0.15, 0.2) is 0 Å². The summed E-state index contributed by atoms with van der Waals surface area (Å²) in [6.07, 6.45) is 5.15. The molecule has 1 aliphatic heterocycles. The van der Waals surface area contributed by atoms with E-state index in [0.29, 0.717) is 28.9 Å². The smallest absolute Gasteiger partial charge is 0.262 e. The molecule has 1 atom stereocenters. The fourth-order valence-corrected chi connectivity index (χ4v) is 5.41. The largest absolute Gasteiger partial charge is 0.484 e. The fourth-order valence-electron chi connectivity index (χ4n) is 4.48. The lowest BCUT2D eigenvalue weighted by Crippen LogP contribution is -2.40. The van der Waals surface area contributed by atoms with Gasteiger partial charge >= 0.3 is 0 Å². The molecule has 3 N–H and O–H groups in total. The highest BCUT2D eigenvalue weighted by Crippen LogP contribution is 2.36. The number of nitrogens with zero attached hydrogens (tertiary/aromatic N) is 4. The van der Waals surface area contributed by atoms with E-state index >= 15 is 0 Å². The summed E-state index contributed by atoms with van der Waals surface area (Å²) >= 11 is 1.20. The van der Waals surface area contributed by atoms with Gasteiger partial charge < -0.3 is 20.7 Å². The maximum atomic E-state index is 14.2. The average molecular weight is 509 g/mol. The van der Waals surface area contributed by atoms with E-state index in [2.05, 4.69) is 27.2 Å². The van der Waals surface area contributed by atoms with Gasteiger partial charge in [-0.15, -0.1) is 11.3 Å². The first-order chi connectivity index (χ1) is 17.4. The first-order valence-corrected chi connectivity index (χ1v) is 12.8. The molecule has 0 radical (unpaired) electrons. The predicted octanol–water partition coefficient (Wildman–Crippen LogP) is 4.04. The van der Waals surface area contributed by atoms with E-state index in [4.69, 9.17) is 10.5 Å². The van der Waals surface area contributed by atoms with Gasteiger partial charge in [0.2, 0.25) is 0 Å². The molecule has 1 aliphatic rings. The number of ether oxygens (including phenoxy) is 1. The Labute approximate surface area is 212 Å². The number of hydrogen-bond donors (Lipinski definition) is 2. The minimum atomic E-state index is -0.605. The SMILES string of the molecule is CC(Oc1cc(-n2cnc3cc(CNC4CCN(C)CC4)ncc32)sc1C(N)=O)c1ccccc1F. The summed E-state index contributed by atoms with van der Waals surface area (Å²) in [5.41, 5.74) is 8.58. The van der Waals surface area contributed by atoms with Crippen molar-refractivity contribution in [3.63, 3.8) is 0 Å². The number of aromatic nitrogens is 3. The van der Waals surface area contributed by atoms with Crippen molar-refractivity contribution >= 4 is 28.3 Å². The fraction of sp³-hybridized carbons (Fsp3) is 0.346. The van der Waals surface area contributed by atoms with E-state index in [1.165, 1.54) is 17.4 Å². The first kappa shape index (κ1) is 24.4. The van der Waals surface area contributed by atoms with Gasteiger partial charge in [-0.25, -0.2) is 9.37 Å². The van der Waals surface area contributed by atoms with Crippen LogP contribution in [-0.2, 0) is 6.54 Å². The summed E-state index contributed by atoms with van der Waals surface area (Å²) in [5.74, 6) is -0.660. The van der Waals surface area contributed by atoms with Gasteiger partial charge in [0, 0.05) is 24.2 Å². The van der Waals surface area contributed by atoms with Crippen molar-refractivity contribution in [3.05, 3.63) is 70.9 Å². The molecule has 0 bridgehead atoms. The number of benzene rings is 1. The van der Waals surface area contributed by atoms with Gasteiger partial charge in [-0.05, 0) is 52.0 Å². The highest BCUT2D eigenvalue weighted by molar-refractivity contribution is 7.16. The number of likely N-dealkylation sites (tertiary alicyclic amines) is 1. The minimum absolute atomic E-state index is 0.266. The molecule has 1 fully saturated rings. The van der Waals surface area contributed by atoms with Crippen LogP contribution in [0.4, 0.5) is 4.39 Å². The summed E-state index contributed by atoms with van der Waals surface area (Å²) in [4.78, 5) is 23.9. The monoisotopic (exact) mass is 508 g/mol. The maximum absolute atomic E-state index is 14.2. The van der Waals surface area contributed by atoms with Crippen LogP contribution in [0.2, 0.25) is 0 Å². The van der Waals surface area contributed by atoms with Crippen molar-refractivity contribution in [2.75, 3.05) is 20.1 Å². The van der Waals surface area contributed by atoms with Crippen molar-refractivity contribution in [3.8, 4) is 10.8 Å². The number of imidazole rings is 1. The average Bonchev–Trinajstić information content (AvgIpc) is 3.47. The van der Waals surface area contributed by atoms with Crippen molar-refractivity contribution in [1.29, 1.82) is 0 Å². The molecular formula is C26H29FN6O2S. The number of carbonyl (C=O) groups is 1. The number of nitrogens with one attached hydrogen (secondary N) is 1. The zero-order valence-electron chi connectivity index (χ0n) is 20.3. The second kappa shape index (κ2) is 10.3. The number of thiophene rings is 1. The van der Waals surface area contributed by atoms with Crippen LogP contribution in [0.15, 0.2) is 48.9 Å². The number of piperidine rings is 1. The van der Waals surface area contributed by atoms with Crippen LogP contribution in [-0.4, -0.2) is 51.5 Å². The third-order valence-electron chi connectivity index (χ3n) is 6.57. The Balaban J connectivity index is 1.36. The molecule has 0 saturated carbocycles. The Bertz CT molecular complexity index is 1380. The highest BCUT2D eigenvalue weighted by Gasteiger charge is 2.22. The molecule has 4 aromatic rings. The standard InChI is InChI=1S/C26H29FN6O2S/c1-16(19-5-3-4-6-20(19)27)35-23-12-24(36-25(23)26(28)34)33-15-31-21-11-18(30-14-22(21)33)13-29-17-7-9-32(2)10-8-17/h3-6,11-12,14-17,29H,7-10,13H2,1-2H3,(H2,28,34). The molecule has 0 spiro atoms. The third kappa shape index (κ3) is 5.11. The lowest BCUT2D eigenvalue weighted by molar-refractivity contribution is 0.0998. The number of nitrogens with two attached hydrogens (primary N) is 1. The van der Waals surface area contributed by atoms with Gasteiger partial charge in [0.25, 0.3) is 5.91 Å². The number of pyridine rings is 1. The summed E-state index contributed by atoms with van der Waals surface area (Å²) in [7, 11) is 2.15. The van der Waals surface area contributed by atoms with Crippen molar-refractivity contribution in [2.45, 2.75) is 38.5 Å². The summed E-state index contributed by atoms with van der Waals surface area (Å²) in [5, 5.41) is 4.31. The zero-order chi connectivity index (χ0) is 25.2. The molecule has 4 heterocycles. The molecule has 1 unspecified atom stereocenters. The lowest BCUT2D eigenvalue weighted by Gasteiger charge is -2.29. The minimum Gasteiger partial charge on any atom is -0.484 e. The second-order valence-electron chi connectivity index (χ2n) is 9.16. The molecular weight excluding hydrogens is 479 g/mol. The van der Waals surface area contributed by atoms with Crippen molar-refractivity contribution in [2.24, 2.45) is 5.73 Å². The molecule has 8 nitrogen and oxygen atoms in total. The van der Waals surface area contributed by atoms with E-state index in [9.17, 15) is 9.18 Å². The van der Waals surface area contributed by atoms with Crippen LogP contribution in [0.25, 0.3) is 16.0 Å². The topological polar surface area (TPSA) is 98.3 Å². The summed E-state index contributed by atoms with van der Waals surface area (Å²) in [6, 6.07) is 10.6. The molecule has 5 rings (SSSR count). The Morgan fingerprint density at radius 3 is 2.81 bits per heavy atom. The van der Waals surface area contributed by atoms with Gasteiger partial charge in [0.05, 0.1) is 22.9 Å². The number of halogens is 1. The molecule has 1 aromatic carbocycles. The number of primary amides is 1. The number of carbonyl (C=O) groups excluding carboxylic acids is 1. The molecule has 10 heteroatoms. The molecule has 188 valence electrons. The molecule has 36 heavy (non-hydrogen) atoms. The molecule has 0 aliphatic carbocycles. The van der Waals surface area contributed by atoms with Crippen LogP contribution in [0.1, 0.15) is 46.8 Å².